The smallest absolute Gasteiger partial charge is 0.276 e. The van der Waals surface area contributed by atoms with Crippen molar-refractivity contribution in [1.29, 1.82) is 0 Å². The van der Waals surface area contributed by atoms with E-state index in [9.17, 15) is 9.90 Å². The molecule has 0 unspecified atom stereocenters. The van der Waals surface area contributed by atoms with Crippen molar-refractivity contribution in [2.24, 2.45) is 0 Å². The number of aromatic hydroxyl groups is 1. The molecule has 0 atom stereocenters. The van der Waals surface area contributed by atoms with Gasteiger partial charge in [0.1, 0.15) is 18.1 Å². The van der Waals surface area contributed by atoms with Gasteiger partial charge in [0.25, 0.3) is 5.91 Å². The molecule has 5 nitrogen and oxygen atoms in total. The molecule has 0 saturated heterocycles. The SMILES string of the molecule is O=C(c1ncccc1O)N1CCOc2ccccc2C1. The Morgan fingerprint density at radius 1 is 1.25 bits per heavy atom. The highest BCUT2D eigenvalue weighted by Gasteiger charge is 2.23. The Morgan fingerprint density at radius 3 is 2.95 bits per heavy atom. The molecule has 2 heterocycles. The molecule has 2 aromatic rings. The van der Waals surface area contributed by atoms with Gasteiger partial charge in [-0.2, -0.15) is 0 Å². The number of amides is 1. The molecular weight excluding hydrogens is 256 g/mol. The number of ether oxygens (including phenoxy) is 1. The van der Waals surface area contributed by atoms with Crippen molar-refractivity contribution in [2.75, 3.05) is 13.2 Å². The highest BCUT2D eigenvalue weighted by atomic mass is 16.5. The number of benzene rings is 1. The molecule has 0 aliphatic carbocycles. The van der Waals surface area contributed by atoms with Crippen molar-refractivity contribution in [3.8, 4) is 11.5 Å². The fraction of sp³-hybridized carbons (Fsp3) is 0.200. The van der Waals surface area contributed by atoms with Crippen molar-refractivity contribution in [3.63, 3.8) is 0 Å². The predicted octanol–water partition coefficient (Wildman–Crippen LogP) is 1.82. The second-order valence-electron chi connectivity index (χ2n) is 4.55. The third-order valence-electron chi connectivity index (χ3n) is 3.23. The zero-order valence-electron chi connectivity index (χ0n) is 10.8. The summed E-state index contributed by atoms with van der Waals surface area (Å²) in [6.45, 7) is 1.34. The second kappa shape index (κ2) is 5.21. The van der Waals surface area contributed by atoms with E-state index in [0.29, 0.717) is 19.7 Å². The lowest BCUT2D eigenvalue weighted by Gasteiger charge is -2.19. The van der Waals surface area contributed by atoms with Crippen LogP contribution in [0, 0.1) is 0 Å². The van der Waals surface area contributed by atoms with E-state index in [1.807, 2.05) is 24.3 Å². The molecule has 0 bridgehead atoms. The van der Waals surface area contributed by atoms with Crippen LogP contribution in [-0.2, 0) is 6.54 Å². The van der Waals surface area contributed by atoms with Crippen LogP contribution in [-0.4, -0.2) is 34.0 Å². The monoisotopic (exact) mass is 270 g/mol. The molecule has 0 spiro atoms. The van der Waals surface area contributed by atoms with Gasteiger partial charge in [0, 0.05) is 18.3 Å². The molecule has 1 N–H and O–H groups in total. The van der Waals surface area contributed by atoms with E-state index in [0.717, 1.165) is 11.3 Å². The van der Waals surface area contributed by atoms with Crippen molar-refractivity contribution >= 4 is 5.91 Å². The molecule has 1 aromatic heterocycles. The number of carbonyl (C=O) groups is 1. The summed E-state index contributed by atoms with van der Waals surface area (Å²) in [6.07, 6.45) is 1.50. The molecule has 0 saturated carbocycles. The number of nitrogens with zero attached hydrogens (tertiary/aromatic N) is 2. The van der Waals surface area contributed by atoms with Gasteiger partial charge in [0.05, 0.1) is 6.54 Å². The fourth-order valence-electron chi connectivity index (χ4n) is 2.21. The quantitative estimate of drug-likeness (QED) is 0.858. The van der Waals surface area contributed by atoms with Crippen LogP contribution in [0.5, 0.6) is 11.5 Å². The average molecular weight is 270 g/mol. The number of para-hydroxylation sites is 1. The molecule has 102 valence electrons. The molecule has 3 rings (SSSR count). The van der Waals surface area contributed by atoms with Gasteiger partial charge in [-0.3, -0.25) is 4.79 Å². The van der Waals surface area contributed by atoms with E-state index in [1.54, 1.807) is 11.0 Å². The molecule has 1 aliphatic rings. The highest BCUT2D eigenvalue weighted by molar-refractivity contribution is 5.94. The first-order chi connectivity index (χ1) is 9.75. The number of aromatic nitrogens is 1. The van der Waals surface area contributed by atoms with E-state index < -0.39 is 0 Å². The number of hydrogen-bond acceptors (Lipinski definition) is 4. The van der Waals surface area contributed by atoms with Gasteiger partial charge in [-0.25, -0.2) is 4.98 Å². The molecule has 1 aliphatic heterocycles. The van der Waals surface area contributed by atoms with Crippen LogP contribution >= 0.6 is 0 Å². The first-order valence-corrected chi connectivity index (χ1v) is 6.39. The van der Waals surface area contributed by atoms with Gasteiger partial charge in [0.2, 0.25) is 0 Å². The average Bonchev–Trinajstić information content (AvgIpc) is 2.69. The van der Waals surface area contributed by atoms with E-state index in [2.05, 4.69) is 4.98 Å². The third kappa shape index (κ3) is 2.30. The lowest BCUT2D eigenvalue weighted by Crippen LogP contribution is -2.33. The molecule has 1 amide bonds. The molecular formula is C15H14N2O3. The summed E-state index contributed by atoms with van der Waals surface area (Å²) in [5.41, 5.74) is 1.03. The minimum atomic E-state index is -0.289. The third-order valence-corrected chi connectivity index (χ3v) is 3.23. The van der Waals surface area contributed by atoms with Crippen LogP contribution in [0.3, 0.4) is 0 Å². The van der Waals surface area contributed by atoms with E-state index in [1.165, 1.54) is 12.3 Å². The summed E-state index contributed by atoms with van der Waals surface area (Å²) in [4.78, 5) is 18.0. The van der Waals surface area contributed by atoms with E-state index >= 15 is 0 Å². The van der Waals surface area contributed by atoms with Gasteiger partial charge in [-0.05, 0) is 18.2 Å². The standard InChI is InChI=1S/C15H14N2O3/c18-12-5-3-7-16-14(12)15(19)17-8-9-20-13-6-2-1-4-11(13)10-17/h1-7,18H,8-10H2. The maximum atomic E-state index is 12.4. The Balaban J connectivity index is 1.88. The normalized spacial score (nSPS) is 14.1. The summed E-state index contributed by atoms with van der Waals surface area (Å²) >= 11 is 0. The lowest BCUT2D eigenvalue weighted by molar-refractivity contribution is 0.0724. The summed E-state index contributed by atoms with van der Waals surface area (Å²) in [7, 11) is 0. The zero-order valence-corrected chi connectivity index (χ0v) is 10.8. The minimum absolute atomic E-state index is 0.0758. The number of pyridine rings is 1. The Hall–Kier alpha value is -2.56. The summed E-state index contributed by atoms with van der Waals surface area (Å²) in [5, 5.41) is 9.74. The Bertz CT molecular complexity index is 643. The summed E-state index contributed by atoms with van der Waals surface area (Å²) in [6, 6.07) is 10.7. The van der Waals surface area contributed by atoms with E-state index in [-0.39, 0.29) is 17.4 Å². The second-order valence-corrected chi connectivity index (χ2v) is 4.55. The molecule has 1 aromatic carbocycles. The fourth-order valence-corrected chi connectivity index (χ4v) is 2.21. The Labute approximate surface area is 116 Å². The maximum absolute atomic E-state index is 12.4. The van der Waals surface area contributed by atoms with Crippen LogP contribution in [0.2, 0.25) is 0 Å². The van der Waals surface area contributed by atoms with Crippen molar-refractivity contribution in [3.05, 3.63) is 53.9 Å². The number of carbonyl (C=O) groups excluding carboxylic acids is 1. The number of hydrogen-bond donors (Lipinski definition) is 1. The molecule has 0 radical (unpaired) electrons. The van der Waals surface area contributed by atoms with Gasteiger partial charge in [0.15, 0.2) is 5.69 Å². The van der Waals surface area contributed by atoms with Crippen molar-refractivity contribution in [2.45, 2.75) is 6.54 Å². The van der Waals surface area contributed by atoms with Gasteiger partial charge >= 0.3 is 0 Å². The summed E-state index contributed by atoms with van der Waals surface area (Å²) in [5.74, 6) is 0.410. The van der Waals surface area contributed by atoms with Gasteiger partial charge in [-0.1, -0.05) is 18.2 Å². The van der Waals surface area contributed by atoms with Gasteiger partial charge in [-0.15, -0.1) is 0 Å². The minimum Gasteiger partial charge on any atom is -0.505 e. The molecule has 5 heteroatoms. The van der Waals surface area contributed by atoms with Crippen LogP contribution in [0.15, 0.2) is 42.6 Å². The number of rotatable bonds is 1. The van der Waals surface area contributed by atoms with Crippen LogP contribution in [0.25, 0.3) is 0 Å². The number of fused-ring (bicyclic) bond motifs is 1. The molecule has 0 fully saturated rings. The van der Waals surface area contributed by atoms with Crippen LogP contribution in [0.1, 0.15) is 16.1 Å². The van der Waals surface area contributed by atoms with Crippen LogP contribution < -0.4 is 4.74 Å². The highest BCUT2D eigenvalue weighted by Crippen LogP contribution is 2.24. The predicted molar refractivity (Wildman–Crippen MR) is 72.6 cm³/mol. The first kappa shape index (κ1) is 12.5. The zero-order chi connectivity index (χ0) is 13.9. The van der Waals surface area contributed by atoms with E-state index in [4.69, 9.17) is 4.74 Å². The topological polar surface area (TPSA) is 62.7 Å². The largest absolute Gasteiger partial charge is 0.505 e. The summed E-state index contributed by atoms with van der Waals surface area (Å²) < 4.78 is 5.62. The first-order valence-electron chi connectivity index (χ1n) is 6.39. The lowest BCUT2D eigenvalue weighted by atomic mass is 10.2. The van der Waals surface area contributed by atoms with Crippen LogP contribution in [0.4, 0.5) is 0 Å². The Morgan fingerprint density at radius 2 is 2.10 bits per heavy atom. The van der Waals surface area contributed by atoms with Gasteiger partial charge < -0.3 is 14.7 Å². The molecule has 20 heavy (non-hydrogen) atoms. The van der Waals surface area contributed by atoms with Crippen molar-refractivity contribution < 1.29 is 14.6 Å². The maximum Gasteiger partial charge on any atom is 0.276 e. The van der Waals surface area contributed by atoms with Crippen molar-refractivity contribution in [1.82, 2.24) is 9.88 Å². The Kier molecular flexibility index (Phi) is 3.25.